The van der Waals surface area contributed by atoms with Gasteiger partial charge in [-0.2, -0.15) is 0 Å². The molecule has 3 nitrogen and oxygen atoms in total. The van der Waals surface area contributed by atoms with E-state index in [1.807, 2.05) is 36.4 Å². The van der Waals surface area contributed by atoms with Crippen LogP contribution in [0.15, 0.2) is 109 Å². The van der Waals surface area contributed by atoms with Crippen LogP contribution >= 0.6 is 0 Å². The van der Waals surface area contributed by atoms with Crippen LogP contribution < -0.4 is 0 Å². The van der Waals surface area contributed by atoms with Crippen LogP contribution in [0.25, 0.3) is 11.1 Å². The third-order valence-electron chi connectivity index (χ3n) is 6.54. The lowest BCUT2D eigenvalue weighted by Crippen LogP contribution is -2.47. The molecule has 2 aliphatic rings. The van der Waals surface area contributed by atoms with Crippen molar-refractivity contribution in [3.8, 4) is 11.1 Å². The first-order valence-electron chi connectivity index (χ1n) is 10.5. The summed E-state index contributed by atoms with van der Waals surface area (Å²) in [7, 11) is 0. The van der Waals surface area contributed by atoms with Gasteiger partial charge in [0.05, 0.1) is 0 Å². The van der Waals surface area contributed by atoms with E-state index in [0.717, 1.165) is 11.1 Å². The fourth-order valence-corrected chi connectivity index (χ4v) is 5.33. The summed E-state index contributed by atoms with van der Waals surface area (Å²) in [5.41, 5.74) is 6.22. The molecule has 0 radical (unpaired) electrons. The van der Waals surface area contributed by atoms with Crippen molar-refractivity contribution in [1.29, 1.82) is 0 Å². The van der Waals surface area contributed by atoms with E-state index in [0.29, 0.717) is 0 Å². The minimum Gasteiger partial charge on any atom is -0.448 e. The molecule has 150 valence electrons. The molecule has 1 fully saturated rings. The second kappa shape index (κ2) is 6.93. The molecule has 0 N–H and O–H groups in total. The molecule has 0 spiro atoms. The van der Waals surface area contributed by atoms with E-state index in [9.17, 15) is 4.79 Å². The molecule has 1 heterocycles. The highest BCUT2D eigenvalue weighted by Crippen LogP contribution is 2.57. The molecule has 4 aromatic carbocycles. The van der Waals surface area contributed by atoms with Gasteiger partial charge in [0.2, 0.25) is 0 Å². The molecule has 0 bridgehead atoms. The molecule has 1 atom stereocenters. The lowest BCUT2D eigenvalue weighted by atomic mass is 9.78. The highest BCUT2D eigenvalue weighted by atomic mass is 16.6. The molecule has 3 heteroatoms. The number of carbonyl (C=O) groups is 1. The van der Waals surface area contributed by atoms with Gasteiger partial charge in [-0.25, -0.2) is 9.69 Å². The summed E-state index contributed by atoms with van der Waals surface area (Å²) in [6.07, 6.45) is 0. The normalized spacial score (nSPS) is 19.0. The van der Waals surface area contributed by atoms with Crippen LogP contribution in [-0.4, -0.2) is 17.6 Å². The Bertz CT molecular complexity index is 1220. The van der Waals surface area contributed by atoms with E-state index in [2.05, 4.69) is 77.7 Å². The molecule has 1 saturated heterocycles. The van der Waals surface area contributed by atoms with E-state index in [4.69, 9.17) is 4.74 Å². The topological polar surface area (TPSA) is 29.5 Å². The molecule has 4 aromatic rings. The van der Waals surface area contributed by atoms with Gasteiger partial charge in [-0.3, -0.25) is 0 Å². The Kier molecular flexibility index (Phi) is 4.05. The summed E-state index contributed by atoms with van der Waals surface area (Å²) in [5.74, 6) is -0.205. The zero-order valence-corrected chi connectivity index (χ0v) is 16.9. The number of esters is 1. The predicted molar refractivity (Wildman–Crippen MR) is 120 cm³/mol. The molecule has 0 amide bonds. The van der Waals surface area contributed by atoms with Crippen molar-refractivity contribution in [2.45, 2.75) is 11.6 Å². The van der Waals surface area contributed by atoms with Gasteiger partial charge in [-0.1, -0.05) is 109 Å². The minimum absolute atomic E-state index is 0.205. The molecule has 0 saturated carbocycles. The van der Waals surface area contributed by atoms with Crippen molar-refractivity contribution in [1.82, 2.24) is 4.90 Å². The van der Waals surface area contributed by atoms with Gasteiger partial charge in [-0.15, -0.1) is 0 Å². The number of hydrogen-bond acceptors (Lipinski definition) is 3. The van der Waals surface area contributed by atoms with E-state index < -0.39 is 11.6 Å². The summed E-state index contributed by atoms with van der Waals surface area (Å²) in [6.45, 7) is 0.232. The third-order valence-corrected chi connectivity index (χ3v) is 6.54. The highest BCUT2D eigenvalue weighted by Gasteiger charge is 2.55. The lowest BCUT2D eigenvalue weighted by molar-refractivity contribution is -0.139. The standard InChI is InChI=1S/C28H21NO2/c30-27-26(20-11-3-1-4-12-20)29(19-31-27)28(21-13-5-2-6-14-21)24-17-9-7-15-22(24)23-16-8-10-18-25(23)28/h1-18,26H,19H2/t26-/m0/s1. The number of rotatable bonds is 3. The summed E-state index contributed by atoms with van der Waals surface area (Å²) >= 11 is 0. The molecular weight excluding hydrogens is 382 g/mol. The van der Waals surface area contributed by atoms with Crippen LogP contribution in [-0.2, 0) is 15.1 Å². The third kappa shape index (κ3) is 2.47. The fourth-order valence-electron chi connectivity index (χ4n) is 5.33. The quantitative estimate of drug-likeness (QED) is 0.422. The van der Waals surface area contributed by atoms with Crippen molar-refractivity contribution in [2.24, 2.45) is 0 Å². The Morgan fingerprint density at radius 3 is 1.81 bits per heavy atom. The van der Waals surface area contributed by atoms with Crippen LogP contribution in [0.4, 0.5) is 0 Å². The van der Waals surface area contributed by atoms with E-state index >= 15 is 0 Å². The minimum atomic E-state index is -0.624. The maximum absolute atomic E-state index is 13.1. The Hall–Kier alpha value is -3.69. The second-order valence-electron chi connectivity index (χ2n) is 8.04. The average molecular weight is 403 g/mol. The molecule has 0 aromatic heterocycles. The zero-order chi connectivity index (χ0) is 20.8. The Labute approximate surface area is 181 Å². The highest BCUT2D eigenvalue weighted by molar-refractivity contribution is 5.85. The number of hydrogen-bond donors (Lipinski definition) is 0. The molecule has 0 unspecified atom stereocenters. The van der Waals surface area contributed by atoms with Crippen LogP contribution in [0.1, 0.15) is 28.3 Å². The number of nitrogens with zero attached hydrogens (tertiary/aromatic N) is 1. The molecule has 1 aliphatic heterocycles. The van der Waals surface area contributed by atoms with Gasteiger partial charge in [-0.05, 0) is 33.4 Å². The number of fused-ring (bicyclic) bond motifs is 3. The van der Waals surface area contributed by atoms with Gasteiger partial charge in [0.15, 0.2) is 0 Å². The van der Waals surface area contributed by atoms with Gasteiger partial charge >= 0.3 is 5.97 Å². The van der Waals surface area contributed by atoms with Crippen LogP contribution in [0.2, 0.25) is 0 Å². The first-order valence-corrected chi connectivity index (χ1v) is 10.5. The lowest BCUT2D eigenvalue weighted by Gasteiger charge is -2.42. The van der Waals surface area contributed by atoms with E-state index in [1.54, 1.807) is 0 Å². The average Bonchev–Trinajstić information content (AvgIpc) is 3.36. The maximum atomic E-state index is 13.1. The van der Waals surface area contributed by atoms with Crippen molar-refractivity contribution in [3.63, 3.8) is 0 Å². The molecule has 1 aliphatic carbocycles. The largest absolute Gasteiger partial charge is 0.448 e. The monoisotopic (exact) mass is 403 g/mol. The van der Waals surface area contributed by atoms with Crippen molar-refractivity contribution < 1.29 is 9.53 Å². The fraction of sp³-hybridized carbons (Fsp3) is 0.107. The Balaban J connectivity index is 1.70. The van der Waals surface area contributed by atoms with E-state index in [-0.39, 0.29) is 12.7 Å². The first-order chi connectivity index (χ1) is 15.3. The van der Waals surface area contributed by atoms with Gasteiger partial charge in [0.1, 0.15) is 18.3 Å². The Morgan fingerprint density at radius 1 is 0.677 bits per heavy atom. The second-order valence-corrected chi connectivity index (χ2v) is 8.04. The predicted octanol–water partition coefficient (Wildman–Crippen LogP) is 5.52. The first kappa shape index (κ1) is 18.1. The maximum Gasteiger partial charge on any atom is 0.329 e. The van der Waals surface area contributed by atoms with Gasteiger partial charge in [0.25, 0.3) is 0 Å². The van der Waals surface area contributed by atoms with E-state index in [1.165, 1.54) is 22.3 Å². The van der Waals surface area contributed by atoms with Crippen LogP contribution in [0.3, 0.4) is 0 Å². The van der Waals surface area contributed by atoms with Gasteiger partial charge in [0, 0.05) is 0 Å². The molecular formula is C28H21NO2. The molecule has 31 heavy (non-hydrogen) atoms. The van der Waals surface area contributed by atoms with Crippen LogP contribution in [0, 0.1) is 0 Å². The summed E-state index contributed by atoms with van der Waals surface area (Å²) in [6, 6.07) is 37.0. The summed E-state index contributed by atoms with van der Waals surface area (Å²) in [4.78, 5) is 15.3. The summed E-state index contributed by atoms with van der Waals surface area (Å²) < 4.78 is 5.71. The SMILES string of the molecule is O=C1OCN(C2(c3ccccc3)c3ccccc3-c3ccccc32)[C@H]1c1ccccc1. The Morgan fingerprint density at radius 2 is 1.19 bits per heavy atom. The number of ether oxygens (including phenoxy) is 1. The number of cyclic esters (lactones) is 1. The number of carbonyl (C=O) groups excluding carboxylic acids is 1. The van der Waals surface area contributed by atoms with Crippen molar-refractivity contribution in [2.75, 3.05) is 6.73 Å². The number of benzene rings is 4. The smallest absolute Gasteiger partial charge is 0.329 e. The van der Waals surface area contributed by atoms with Crippen LogP contribution in [0.5, 0.6) is 0 Å². The zero-order valence-electron chi connectivity index (χ0n) is 16.9. The van der Waals surface area contributed by atoms with Crippen molar-refractivity contribution >= 4 is 5.97 Å². The van der Waals surface area contributed by atoms with Gasteiger partial charge < -0.3 is 4.74 Å². The summed E-state index contributed by atoms with van der Waals surface area (Å²) in [5, 5.41) is 0. The molecule has 6 rings (SSSR count). The van der Waals surface area contributed by atoms with Crippen molar-refractivity contribution in [3.05, 3.63) is 131 Å².